The monoisotopic (exact) mass is 506 g/mol. The normalized spacial score (nSPS) is 12.8. The summed E-state index contributed by atoms with van der Waals surface area (Å²) in [6, 6.07) is 20.5. The number of nitrogens with zero attached hydrogens (tertiary/aromatic N) is 2. The highest BCUT2D eigenvalue weighted by molar-refractivity contribution is 6.35. The van der Waals surface area contributed by atoms with Crippen LogP contribution in [0, 0.1) is 5.82 Å². The van der Waals surface area contributed by atoms with Crippen molar-refractivity contribution >= 4 is 57.4 Å². The zero-order valence-corrected chi connectivity index (χ0v) is 19.7. The molecule has 0 radical (unpaired) electrons. The lowest BCUT2D eigenvalue weighted by Gasteiger charge is -2.30. The first-order valence-electron chi connectivity index (χ1n) is 10.7. The van der Waals surface area contributed by atoms with Crippen molar-refractivity contribution in [3.8, 4) is 0 Å². The van der Waals surface area contributed by atoms with Crippen LogP contribution in [0.3, 0.4) is 0 Å². The molecule has 1 heterocycles. The third kappa shape index (κ3) is 4.27. The molecule has 3 amide bonds. The topological polar surface area (TPSA) is 57.7 Å². The molecule has 1 aliphatic rings. The fourth-order valence-electron chi connectivity index (χ4n) is 4.31. The molecule has 0 saturated heterocycles. The van der Waals surface area contributed by atoms with Crippen molar-refractivity contribution in [2.24, 2.45) is 0 Å². The first-order valence-corrected chi connectivity index (χ1v) is 11.5. The molecule has 0 saturated carbocycles. The van der Waals surface area contributed by atoms with Crippen LogP contribution in [-0.2, 0) is 0 Å². The Bertz CT molecular complexity index is 1450. The van der Waals surface area contributed by atoms with E-state index in [0.717, 1.165) is 10.3 Å². The van der Waals surface area contributed by atoms with Gasteiger partial charge in [0.1, 0.15) is 5.82 Å². The molecular formula is C27H17Cl2FN2O3. The van der Waals surface area contributed by atoms with Crippen molar-refractivity contribution in [1.82, 2.24) is 4.90 Å². The van der Waals surface area contributed by atoms with Crippen molar-refractivity contribution in [2.75, 3.05) is 18.0 Å². The molecule has 0 spiro atoms. The number of hydrogen-bond donors (Lipinski definition) is 0. The zero-order valence-electron chi connectivity index (χ0n) is 18.2. The Morgan fingerprint density at radius 2 is 1.43 bits per heavy atom. The standard InChI is InChI=1S/C27H17Cl2FN2O3/c28-18-12-17(13-19(29)14-18)25(33)31(21-7-3-6-20(30)15-21)10-11-32-26(34)22-8-1-4-16-5-2-9-23(24(16)22)27(32)35/h1-9,12-15H,10-11H2. The van der Waals surface area contributed by atoms with Gasteiger partial charge in [-0.1, -0.05) is 53.5 Å². The van der Waals surface area contributed by atoms with Crippen LogP contribution in [0.15, 0.2) is 78.9 Å². The number of imide groups is 1. The maximum absolute atomic E-state index is 14.0. The highest BCUT2D eigenvalue weighted by Gasteiger charge is 2.33. The van der Waals surface area contributed by atoms with Crippen LogP contribution >= 0.6 is 23.2 Å². The fraction of sp³-hybridized carbons (Fsp3) is 0.0741. The molecule has 0 fully saturated rings. The fourth-order valence-corrected chi connectivity index (χ4v) is 4.83. The van der Waals surface area contributed by atoms with E-state index in [1.165, 1.54) is 41.3 Å². The van der Waals surface area contributed by atoms with Gasteiger partial charge in [0, 0.05) is 50.9 Å². The van der Waals surface area contributed by atoms with Crippen LogP contribution in [0.5, 0.6) is 0 Å². The maximum atomic E-state index is 14.0. The van der Waals surface area contributed by atoms with Gasteiger partial charge >= 0.3 is 0 Å². The van der Waals surface area contributed by atoms with E-state index in [1.807, 2.05) is 12.1 Å². The molecule has 35 heavy (non-hydrogen) atoms. The molecule has 5 rings (SSSR count). The number of anilines is 1. The first-order chi connectivity index (χ1) is 16.8. The molecule has 0 aliphatic carbocycles. The van der Waals surface area contributed by atoms with E-state index in [-0.39, 0.29) is 34.4 Å². The van der Waals surface area contributed by atoms with E-state index in [9.17, 15) is 18.8 Å². The van der Waals surface area contributed by atoms with Gasteiger partial charge in [-0.3, -0.25) is 19.3 Å². The molecule has 8 heteroatoms. The van der Waals surface area contributed by atoms with Crippen molar-refractivity contribution in [3.05, 3.63) is 111 Å². The minimum atomic E-state index is -0.532. The highest BCUT2D eigenvalue weighted by Crippen LogP contribution is 2.30. The summed E-state index contributed by atoms with van der Waals surface area (Å²) < 4.78 is 14.0. The number of carbonyl (C=O) groups is 3. The molecule has 0 bridgehead atoms. The Morgan fingerprint density at radius 1 is 0.829 bits per heavy atom. The number of rotatable bonds is 5. The maximum Gasteiger partial charge on any atom is 0.261 e. The van der Waals surface area contributed by atoms with E-state index < -0.39 is 23.5 Å². The van der Waals surface area contributed by atoms with E-state index in [0.29, 0.717) is 16.5 Å². The molecule has 5 nitrogen and oxygen atoms in total. The predicted octanol–water partition coefficient (Wildman–Crippen LogP) is 6.23. The van der Waals surface area contributed by atoms with Crippen LogP contribution < -0.4 is 4.90 Å². The third-order valence-corrected chi connectivity index (χ3v) is 6.31. The second-order valence-electron chi connectivity index (χ2n) is 8.07. The molecule has 0 N–H and O–H groups in total. The molecular weight excluding hydrogens is 490 g/mol. The second-order valence-corrected chi connectivity index (χ2v) is 8.94. The average molecular weight is 507 g/mol. The van der Waals surface area contributed by atoms with E-state index in [4.69, 9.17) is 23.2 Å². The summed E-state index contributed by atoms with van der Waals surface area (Å²) in [6.45, 7) is -0.166. The highest BCUT2D eigenvalue weighted by atomic mass is 35.5. The van der Waals surface area contributed by atoms with E-state index >= 15 is 0 Å². The lowest BCUT2D eigenvalue weighted by Crippen LogP contribution is -2.46. The first kappa shape index (κ1) is 23.0. The summed E-state index contributed by atoms with van der Waals surface area (Å²) in [4.78, 5) is 42.4. The van der Waals surface area contributed by atoms with Gasteiger partial charge in [-0.05, 0) is 53.9 Å². The number of halogens is 3. The zero-order chi connectivity index (χ0) is 24.7. The predicted molar refractivity (Wildman–Crippen MR) is 134 cm³/mol. The summed E-state index contributed by atoms with van der Waals surface area (Å²) >= 11 is 12.2. The van der Waals surface area contributed by atoms with Gasteiger partial charge in [0.25, 0.3) is 17.7 Å². The summed E-state index contributed by atoms with van der Waals surface area (Å²) in [5.41, 5.74) is 1.30. The average Bonchev–Trinajstić information content (AvgIpc) is 2.83. The van der Waals surface area contributed by atoms with Gasteiger partial charge in [0.15, 0.2) is 0 Å². The van der Waals surface area contributed by atoms with Crippen LogP contribution in [0.25, 0.3) is 10.8 Å². The van der Waals surface area contributed by atoms with Gasteiger partial charge in [-0.15, -0.1) is 0 Å². The third-order valence-electron chi connectivity index (χ3n) is 5.88. The Labute approximate surface area is 210 Å². The van der Waals surface area contributed by atoms with Gasteiger partial charge in [0.2, 0.25) is 0 Å². The summed E-state index contributed by atoms with van der Waals surface area (Å²) in [5, 5.41) is 1.96. The SMILES string of the molecule is O=C1c2cccc3cccc(c23)C(=O)N1CCN(C(=O)c1cc(Cl)cc(Cl)c1)c1cccc(F)c1. The van der Waals surface area contributed by atoms with Crippen LogP contribution in [0.4, 0.5) is 10.1 Å². The minimum absolute atomic E-state index is 0.0674. The molecule has 0 aromatic heterocycles. The number of hydrogen-bond acceptors (Lipinski definition) is 3. The summed E-state index contributed by atoms with van der Waals surface area (Å²) in [5.74, 6) is -1.93. The second kappa shape index (κ2) is 9.13. The van der Waals surface area contributed by atoms with Crippen molar-refractivity contribution < 1.29 is 18.8 Å². The lowest BCUT2D eigenvalue weighted by atomic mass is 9.94. The number of amides is 3. The Morgan fingerprint density at radius 3 is 2.03 bits per heavy atom. The Balaban J connectivity index is 1.49. The van der Waals surface area contributed by atoms with Gasteiger partial charge in [-0.25, -0.2) is 4.39 Å². The molecule has 0 atom stereocenters. The van der Waals surface area contributed by atoms with Gasteiger partial charge in [0.05, 0.1) is 0 Å². The van der Waals surface area contributed by atoms with Gasteiger partial charge in [-0.2, -0.15) is 0 Å². The number of benzene rings is 4. The molecule has 0 unspecified atom stereocenters. The van der Waals surface area contributed by atoms with Crippen LogP contribution in [0.2, 0.25) is 10.0 Å². The molecule has 4 aromatic carbocycles. The minimum Gasteiger partial charge on any atom is -0.306 e. The van der Waals surface area contributed by atoms with Crippen molar-refractivity contribution in [2.45, 2.75) is 0 Å². The largest absolute Gasteiger partial charge is 0.306 e. The number of carbonyl (C=O) groups excluding carboxylic acids is 3. The van der Waals surface area contributed by atoms with E-state index in [1.54, 1.807) is 30.3 Å². The quantitative estimate of drug-likeness (QED) is 0.301. The Kier molecular flexibility index (Phi) is 6.01. The molecule has 174 valence electrons. The Hall–Kier alpha value is -3.74. The molecule has 4 aromatic rings. The van der Waals surface area contributed by atoms with Crippen LogP contribution in [0.1, 0.15) is 31.1 Å². The van der Waals surface area contributed by atoms with Crippen LogP contribution in [-0.4, -0.2) is 35.7 Å². The van der Waals surface area contributed by atoms with Gasteiger partial charge < -0.3 is 4.90 Å². The molecule has 1 aliphatic heterocycles. The summed E-state index contributed by atoms with van der Waals surface area (Å²) in [6.07, 6.45) is 0. The van der Waals surface area contributed by atoms with E-state index in [2.05, 4.69) is 0 Å². The lowest BCUT2D eigenvalue weighted by molar-refractivity contribution is 0.0611. The smallest absolute Gasteiger partial charge is 0.261 e. The van der Waals surface area contributed by atoms with Crippen molar-refractivity contribution in [3.63, 3.8) is 0 Å². The summed E-state index contributed by atoms with van der Waals surface area (Å²) in [7, 11) is 0. The van der Waals surface area contributed by atoms with Crippen molar-refractivity contribution in [1.29, 1.82) is 0 Å².